The lowest BCUT2D eigenvalue weighted by atomic mass is 9.95. The van der Waals surface area contributed by atoms with Crippen LogP contribution >= 0.6 is 50.5 Å². The van der Waals surface area contributed by atoms with Crippen molar-refractivity contribution in [3.05, 3.63) is 80.9 Å². The Labute approximate surface area is 234 Å². The number of rotatable bonds is 6. The van der Waals surface area contributed by atoms with E-state index in [2.05, 4.69) is 20.9 Å². The summed E-state index contributed by atoms with van der Waals surface area (Å²) in [7, 11) is 3.01. The summed E-state index contributed by atoms with van der Waals surface area (Å²) in [4.78, 5) is 31.8. The van der Waals surface area contributed by atoms with Gasteiger partial charge in [-0.05, 0) is 49.8 Å². The molecule has 12 heteroatoms. The van der Waals surface area contributed by atoms with E-state index >= 15 is 0 Å². The number of phenols is 1. The molecule has 1 aliphatic heterocycles. The van der Waals surface area contributed by atoms with E-state index < -0.39 is 17.6 Å². The molecule has 8 nitrogen and oxygen atoms in total. The first kappa shape index (κ1) is 27.3. The third-order valence-corrected chi connectivity index (χ3v) is 7.83. The average molecular weight is 628 g/mol. The molecule has 0 saturated carbocycles. The number of thiazole rings is 1. The van der Waals surface area contributed by atoms with Gasteiger partial charge in [-0.2, -0.15) is 0 Å². The normalized spacial score (nSPS) is 15.3. The van der Waals surface area contributed by atoms with Crippen molar-refractivity contribution in [2.75, 3.05) is 20.8 Å². The predicted molar refractivity (Wildman–Crippen MR) is 146 cm³/mol. The Morgan fingerprint density at radius 2 is 1.89 bits per heavy atom. The van der Waals surface area contributed by atoms with Gasteiger partial charge >= 0.3 is 5.97 Å². The van der Waals surface area contributed by atoms with Crippen LogP contribution in [0.25, 0.3) is 6.08 Å². The fourth-order valence-corrected chi connectivity index (χ4v) is 6.09. The zero-order valence-corrected chi connectivity index (χ0v) is 24.0. The smallest absolute Gasteiger partial charge is 0.338 e. The van der Waals surface area contributed by atoms with Gasteiger partial charge in [0.05, 0.1) is 47.7 Å². The van der Waals surface area contributed by atoms with Gasteiger partial charge in [0, 0.05) is 15.1 Å². The van der Waals surface area contributed by atoms with Crippen molar-refractivity contribution in [1.82, 2.24) is 4.57 Å². The first-order valence-electron chi connectivity index (χ1n) is 10.9. The summed E-state index contributed by atoms with van der Waals surface area (Å²) in [5.74, 6) is 0.0832. The van der Waals surface area contributed by atoms with Crippen LogP contribution in [-0.2, 0) is 9.53 Å². The maximum atomic E-state index is 13.8. The molecule has 0 amide bonds. The van der Waals surface area contributed by atoms with Crippen molar-refractivity contribution in [2.24, 2.45) is 4.99 Å². The van der Waals surface area contributed by atoms with Gasteiger partial charge in [0.1, 0.15) is 5.75 Å². The number of phenolic OH excluding ortho intramolecular Hbond substituents is 1. The summed E-state index contributed by atoms with van der Waals surface area (Å²) < 4.78 is 18.5. The van der Waals surface area contributed by atoms with Crippen LogP contribution in [0.5, 0.6) is 17.2 Å². The Morgan fingerprint density at radius 3 is 2.54 bits per heavy atom. The number of aromatic hydroxyl groups is 1. The van der Waals surface area contributed by atoms with Crippen molar-refractivity contribution >= 4 is 62.5 Å². The minimum Gasteiger partial charge on any atom is -0.506 e. The molecule has 2 aromatic carbocycles. The highest BCUT2D eigenvalue weighted by Crippen LogP contribution is 2.41. The van der Waals surface area contributed by atoms with E-state index in [0.29, 0.717) is 37.1 Å². The quantitative estimate of drug-likeness (QED) is 0.402. The fourth-order valence-electron chi connectivity index (χ4n) is 4.00. The molecule has 0 unspecified atom stereocenters. The molecule has 0 spiro atoms. The number of ether oxygens (including phenoxy) is 3. The lowest BCUT2D eigenvalue weighted by Gasteiger charge is -2.26. The number of fused-ring (bicyclic) bond motifs is 1. The van der Waals surface area contributed by atoms with Crippen LogP contribution in [0.2, 0.25) is 10.0 Å². The Kier molecular flexibility index (Phi) is 8.03. The minimum atomic E-state index is -0.886. The monoisotopic (exact) mass is 626 g/mol. The molecule has 194 valence electrons. The van der Waals surface area contributed by atoms with Crippen LogP contribution in [0.1, 0.15) is 31.0 Å². The summed E-state index contributed by atoms with van der Waals surface area (Å²) >= 11 is 16.8. The highest BCUT2D eigenvalue weighted by Gasteiger charge is 2.35. The summed E-state index contributed by atoms with van der Waals surface area (Å²) in [5, 5.41) is 10.8. The van der Waals surface area contributed by atoms with E-state index in [4.69, 9.17) is 37.4 Å². The highest BCUT2D eigenvalue weighted by molar-refractivity contribution is 9.10. The molecule has 1 N–H and O–H groups in total. The second-order valence-electron chi connectivity index (χ2n) is 7.86. The maximum absolute atomic E-state index is 13.8. The summed E-state index contributed by atoms with van der Waals surface area (Å²) in [5.41, 5.74) is 1.03. The Hall–Kier alpha value is -2.79. The van der Waals surface area contributed by atoms with Crippen LogP contribution in [0.4, 0.5) is 0 Å². The van der Waals surface area contributed by atoms with Gasteiger partial charge in [-0.25, -0.2) is 9.79 Å². The number of esters is 1. The number of carbonyl (C=O) groups is 1. The second kappa shape index (κ2) is 10.9. The lowest BCUT2D eigenvalue weighted by molar-refractivity contribution is -0.139. The second-order valence-corrected chi connectivity index (χ2v) is 10.6. The molecule has 4 rings (SSSR count). The van der Waals surface area contributed by atoms with Crippen LogP contribution < -0.4 is 24.4 Å². The summed E-state index contributed by atoms with van der Waals surface area (Å²) in [6, 6.07) is 5.42. The third kappa shape index (κ3) is 5.03. The standard InChI is InChI=1S/C25H21BrCl2N2O6S/c1-5-36-24(33)20-11(2)29-25-30(21(20)14-9-17(34-3)18(35-4)10-15(14)26)23(32)19(37-25)7-12-6-13(27)8-16(28)22(12)31/h6-10,21,31H,5H2,1-4H3/b19-7-/t21-/m1/s1. The van der Waals surface area contributed by atoms with Crippen molar-refractivity contribution < 1.29 is 24.1 Å². The van der Waals surface area contributed by atoms with Gasteiger partial charge < -0.3 is 19.3 Å². The largest absolute Gasteiger partial charge is 0.506 e. The number of methoxy groups -OCH3 is 2. The molecule has 0 fully saturated rings. The van der Waals surface area contributed by atoms with Crippen molar-refractivity contribution in [3.8, 4) is 17.2 Å². The SMILES string of the molecule is CCOC(=O)C1=C(C)N=c2s/c(=C\c3cc(Cl)cc(Cl)c3O)c(=O)n2[C@@H]1c1cc(OC)c(OC)cc1Br. The molecule has 3 aromatic rings. The first-order valence-corrected chi connectivity index (χ1v) is 13.3. The van der Waals surface area contributed by atoms with Crippen LogP contribution in [0, 0.1) is 0 Å². The van der Waals surface area contributed by atoms with E-state index in [1.807, 2.05) is 0 Å². The van der Waals surface area contributed by atoms with Crippen molar-refractivity contribution in [2.45, 2.75) is 19.9 Å². The average Bonchev–Trinajstić information content (AvgIpc) is 3.15. The molecule has 37 heavy (non-hydrogen) atoms. The van der Waals surface area contributed by atoms with Crippen molar-refractivity contribution in [3.63, 3.8) is 0 Å². The number of carbonyl (C=O) groups excluding carboxylic acids is 1. The molecule has 0 saturated heterocycles. The van der Waals surface area contributed by atoms with Gasteiger partial charge in [0.2, 0.25) is 0 Å². The third-order valence-electron chi connectivity index (χ3n) is 5.66. The van der Waals surface area contributed by atoms with Gasteiger partial charge in [-0.3, -0.25) is 9.36 Å². The van der Waals surface area contributed by atoms with Gasteiger partial charge in [-0.1, -0.05) is 50.5 Å². The Morgan fingerprint density at radius 1 is 1.22 bits per heavy atom. The van der Waals surface area contributed by atoms with E-state index in [-0.39, 0.29) is 33.0 Å². The van der Waals surface area contributed by atoms with Crippen LogP contribution in [0.15, 0.2) is 49.8 Å². The summed E-state index contributed by atoms with van der Waals surface area (Å²) in [6.07, 6.45) is 1.49. The number of nitrogens with zero attached hydrogens (tertiary/aromatic N) is 2. The zero-order valence-electron chi connectivity index (χ0n) is 20.1. The topological polar surface area (TPSA) is 99.4 Å². The molecule has 0 radical (unpaired) electrons. The van der Waals surface area contributed by atoms with E-state index in [1.54, 1.807) is 26.0 Å². The molecule has 0 aliphatic carbocycles. The predicted octanol–water partition coefficient (Wildman–Crippen LogP) is 4.59. The van der Waals surface area contributed by atoms with Crippen LogP contribution in [0.3, 0.4) is 0 Å². The molecule has 1 atom stereocenters. The van der Waals surface area contributed by atoms with Gasteiger partial charge in [-0.15, -0.1) is 0 Å². The molecule has 2 heterocycles. The molecule has 1 aromatic heterocycles. The molecule has 1 aliphatic rings. The van der Waals surface area contributed by atoms with Gasteiger partial charge in [0.25, 0.3) is 5.56 Å². The Bertz CT molecular complexity index is 1630. The molecule has 0 bridgehead atoms. The van der Waals surface area contributed by atoms with E-state index in [0.717, 1.165) is 11.3 Å². The first-order chi connectivity index (χ1) is 17.6. The fraction of sp³-hybridized carbons (Fsp3) is 0.240. The number of halogens is 3. The van der Waals surface area contributed by atoms with E-state index in [1.165, 1.54) is 37.0 Å². The maximum Gasteiger partial charge on any atom is 0.338 e. The summed E-state index contributed by atoms with van der Waals surface area (Å²) in [6.45, 7) is 3.54. The van der Waals surface area contributed by atoms with Gasteiger partial charge in [0.15, 0.2) is 16.3 Å². The van der Waals surface area contributed by atoms with Crippen LogP contribution in [-0.4, -0.2) is 36.5 Å². The number of benzene rings is 2. The molecular weight excluding hydrogens is 607 g/mol. The number of hydrogen-bond donors (Lipinski definition) is 1. The number of aromatic nitrogens is 1. The highest BCUT2D eigenvalue weighted by atomic mass is 79.9. The minimum absolute atomic E-state index is 0.0547. The van der Waals surface area contributed by atoms with Crippen molar-refractivity contribution in [1.29, 1.82) is 0 Å². The lowest BCUT2D eigenvalue weighted by Crippen LogP contribution is -2.40. The number of hydrogen-bond acceptors (Lipinski definition) is 8. The zero-order chi connectivity index (χ0) is 27.0. The van der Waals surface area contributed by atoms with E-state index in [9.17, 15) is 14.7 Å². The Balaban J connectivity index is 2.04. The molecular formula is C25H21BrCl2N2O6S. The number of allylic oxidation sites excluding steroid dienone is 1.